The summed E-state index contributed by atoms with van der Waals surface area (Å²) in [7, 11) is 0. The van der Waals surface area contributed by atoms with Gasteiger partial charge in [-0.25, -0.2) is 9.18 Å². The molecule has 1 atom stereocenters. The molecule has 1 unspecified atom stereocenters. The number of rotatable bonds is 6. The number of nitrogens with zero attached hydrogens (tertiary/aromatic N) is 1. The van der Waals surface area contributed by atoms with E-state index in [1.807, 2.05) is 0 Å². The highest BCUT2D eigenvalue weighted by Gasteiger charge is 2.62. The smallest absolute Gasteiger partial charge is 0.432 e. The second-order valence-corrected chi connectivity index (χ2v) is 6.04. The molecule has 2 rings (SSSR count). The average Bonchev–Trinajstić information content (AvgIpc) is 2.67. The van der Waals surface area contributed by atoms with E-state index < -0.39 is 35.0 Å². The molecular formula is C20H19F4NO4. The number of aliphatic hydroxyl groups is 1. The van der Waals surface area contributed by atoms with Crippen LogP contribution in [-0.2, 0) is 15.1 Å². The Labute approximate surface area is 164 Å². The Morgan fingerprint density at radius 1 is 1.07 bits per heavy atom. The van der Waals surface area contributed by atoms with Crippen LogP contribution < -0.4 is 4.90 Å². The van der Waals surface area contributed by atoms with Crippen molar-refractivity contribution in [2.24, 2.45) is 0 Å². The van der Waals surface area contributed by atoms with Crippen LogP contribution in [0.3, 0.4) is 0 Å². The van der Waals surface area contributed by atoms with Crippen molar-refractivity contribution in [3.63, 3.8) is 0 Å². The van der Waals surface area contributed by atoms with Crippen molar-refractivity contribution in [1.82, 2.24) is 0 Å². The zero-order valence-corrected chi connectivity index (χ0v) is 15.7. The molecular weight excluding hydrogens is 394 g/mol. The summed E-state index contributed by atoms with van der Waals surface area (Å²) in [5.74, 6) is -3.01. The number of esters is 1. The molecule has 2 aromatic carbocycles. The van der Waals surface area contributed by atoms with Gasteiger partial charge in [-0.2, -0.15) is 13.2 Å². The molecule has 0 saturated carbocycles. The standard InChI is InChI=1S/C20H19F4NO4/c1-3-25(17(26)13-6-5-7-15(21)12-13)16-10-8-14(9-11-16)19(28,20(22,23)24)18(27)29-4-2/h5-12,28H,3-4H2,1-2H3. The second-order valence-electron chi connectivity index (χ2n) is 6.04. The molecule has 0 spiro atoms. The monoisotopic (exact) mass is 413 g/mol. The molecule has 2 aromatic rings. The van der Waals surface area contributed by atoms with E-state index in [1.165, 1.54) is 30.0 Å². The SMILES string of the molecule is CCOC(=O)C(O)(c1ccc(N(CC)C(=O)c2cccc(F)c2)cc1)C(F)(F)F. The van der Waals surface area contributed by atoms with Crippen molar-refractivity contribution in [2.45, 2.75) is 25.6 Å². The summed E-state index contributed by atoms with van der Waals surface area (Å²) in [6, 6.07) is 9.09. The third-order valence-electron chi connectivity index (χ3n) is 4.21. The molecule has 0 aliphatic rings. The molecule has 0 aliphatic carbocycles. The predicted molar refractivity (Wildman–Crippen MR) is 96.8 cm³/mol. The molecule has 0 bridgehead atoms. The molecule has 0 aliphatic heterocycles. The van der Waals surface area contributed by atoms with Gasteiger partial charge < -0.3 is 14.7 Å². The van der Waals surface area contributed by atoms with Gasteiger partial charge in [0.1, 0.15) is 5.82 Å². The van der Waals surface area contributed by atoms with Crippen molar-refractivity contribution in [1.29, 1.82) is 0 Å². The van der Waals surface area contributed by atoms with E-state index in [2.05, 4.69) is 4.74 Å². The first-order chi connectivity index (χ1) is 13.6. The Bertz CT molecular complexity index is 883. The number of carbonyl (C=O) groups is 2. The summed E-state index contributed by atoms with van der Waals surface area (Å²) < 4.78 is 58.0. The molecule has 1 N–H and O–H groups in total. The maximum atomic E-state index is 13.4. The summed E-state index contributed by atoms with van der Waals surface area (Å²) in [6.07, 6.45) is -5.32. The largest absolute Gasteiger partial charge is 0.463 e. The number of halogens is 4. The number of alkyl halides is 3. The first-order valence-electron chi connectivity index (χ1n) is 8.70. The lowest BCUT2D eigenvalue weighted by atomic mass is 9.92. The lowest BCUT2D eigenvalue weighted by Gasteiger charge is -2.29. The molecule has 29 heavy (non-hydrogen) atoms. The quantitative estimate of drug-likeness (QED) is 0.578. The molecule has 0 saturated heterocycles. The maximum Gasteiger partial charge on any atom is 0.432 e. The first kappa shape index (κ1) is 22.4. The summed E-state index contributed by atoms with van der Waals surface area (Å²) >= 11 is 0. The van der Waals surface area contributed by atoms with Gasteiger partial charge in [0.15, 0.2) is 0 Å². The van der Waals surface area contributed by atoms with Crippen molar-refractivity contribution < 1.29 is 37.0 Å². The van der Waals surface area contributed by atoms with Gasteiger partial charge in [-0.3, -0.25) is 4.79 Å². The maximum absolute atomic E-state index is 13.4. The van der Waals surface area contributed by atoms with Crippen LogP contribution in [-0.4, -0.2) is 36.3 Å². The van der Waals surface area contributed by atoms with Gasteiger partial charge in [-0.15, -0.1) is 0 Å². The zero-order valence-electron chi connectivity index (χ0n) is 15.7. The van der Waals surface area contributed by atoms with Crippen LogP contribution in [0.15, 0.2) is 48.5 Å². The number of hydrogen-bond donors (Lipinski definition) is 1. The average molecular weight is 413 g/mol. The lowest BCUT2D eigenvalue weighted by molar-refractivity contribution is -0.267. The summed E-state index contributed by atoms with van der Waals surface area (Å²) in [5, 5.41) is 10.1. The number of anilines is 1. The fourth-order valence-corrected chi connectivity index (χ4v) is 2.74. The number of ether oxygens (including phenoxy) is 1. The van der Waals surface area contributed by atoms with Gasteiger partial charge in [0, 0.05) is 23.4 Å². The van der Waals surface area contributed by atoms with E-state index >= 15 is 0 Å². The van der Waals surface area contributed by atoms with E-state index in [-0.39, 0.29) is 24.4 Å². The molecule has 0 heterocycles. The Kier molecular flexibility index (Phi) is 6.63. The number of benzene rings is 2. The zero-order chi connectivity index (χ0) is 21.8. The van der Waals surface area contributed by atoms with Gasteiger partial charge in [-0.05, 0) is 44.2 Å². The minimum Gasteiger partial charge on any atom is -0.463 e. The molecule has 0 radical (unpaired) electrons. The van der Waals surface area contributed by atoms with Gasteiger partial charge in [0.05, 0.1) is 6.61 Å². The van der Waals surface area contributed by atoms with Crippen LogP contribution >= 0.6 is 0 Å². The van der Waals surface area contributed by atoms with E-state index in [4.69, 9.17) is 0 Å². The topological polar surface area (TPSA) is 66.8 Å². The predicted octanol–water partition coefficient (Wildman–Crippen LogP) is 3.81. The van der Waals surface area contributed by atoms with Gasteiger partial charge in [0.25, 0.3) is 11.5 Å². The van der Waals surface area contributed by atoms with Crippen LogP contribution in [0.5, 0.6) is 0 Å². The first-order valence-corrected chi connectivity index (χ1v) is 8.70. The highest BCUT2D eigenvalue weighted by molar-refractivity contribution is 6.06. The van der Waals surface area contributed by atoms with E-state index in [0.29, 0.717) is 0 Å². The fourth-order valence-electron chi connectivity index (χ4n) is 2.74. The Morgan fingerprint density at radius 3 is 2.17 bits per heavy atom. The summed E-state index contributed by atoms with van der Waals surface area (Å²) in [4.78, 5) is 25.7. The van der Waals surface area contributed by atoms with E-state index in [9.17, 15) is 32.3 Å². The van der Waals surface area contributed by atoms with Crippen molar-refractivity contribution >= 4 is 17.6 Å². The van der Waals surface area contributed by atoms with Crippen LogP contribution in [0.4, 0.5) is 23.2 Å². The van der Waals surface area contributed by atoms with Crippen molar-refractivity contribution in [3.05, 3.63) is 65.5 Å². The van der Waals surface area contributed by atoms with E-state index in [0.717, 1.165) is 30.3 Å². The fraction of sp³-hybridized carbons (Fsp3) is 0.300. The molecule has 156 valence electrons. The Hall–Kier alpha value is -2.94. The van der Waals surface area contributed by atoms with Crippen molar-refractivity contribution in [2.75, 3.05) is 18.1 Å². The minimum absolute atomic E-state index is 0.0641. The third-order valence-corrected chi connectivity index (χ3v) is 4.21. The molecule has 0 fully saturated rings. The van der Waals surface area contributed by atoms with Gasteiger partial charge in [-0.1, -0.05) is 18.2 Å². The highest BCUT2D eigenvalue weighted by Crippen LogP contribution is 2.40. The van der Waals surface area contributed by atoms with Crippen LogP contribution in [0.2, 0.25) is 0 Å². The van der Waals surface area contributed by atoms with Crippen molar-refractivity contribution in [3.8, 4) is 0 Å². The lowest BCUT2D eigenvalue weighted by Crippen LogP contribution is -2.50. The normalized spacial score (nSPS) is 13.5. The van der Waals surface area contributed by atoms with Gasteiger partial charge in [0.2, 0.25) is 0 Å². The molecule has 1 amide bonds. The Balaban J connectivity index is 2.40. The van der Waals surface area contributed by atoms with Crippen LogP contribution in [0.1, 0.15) is 29.8 Å². The minimum atomic E-state index is -5.32. The summed E-state index contributed by atoms with van der Waals surface area (Å²) in [5.41, 5.74) is -4.32. The van der Waals surface area contributed by atoms with Crippen LogP contribution in [0, 0.1) is 5.82 Å². The third kappa shape index (κ3) is 4.40. The Morgan fingerprint density at radius 2 is 1.69 bits per heavy atom. The molecule has 9 heteroatoms. The van der Waals surface area contributed by atoms with Gasteiger partial charge >= 0.3 is 12.1 Å². The number of amides is 1. The number of carbonyl (C=O) groups excluding carboxylic acids is 2. The molecule has 5 nitrogen and oxygen atoms in total. The second kappa shape index (κ2) is 8.60. The number of hydrogen-bond acceptors (Lipinski definition) is 4. The summed E-state index contributed by atoms with van der Waals surface area (Å²) in [6.45, 7) is 2.75. The molecule has 0 aromatic heterocycles. The highest BCUT2D eigenvalue weighted by atomic mass is 19.4. The van der Waals surface area contributed by atoms with Crippen LogP contribution in [0.25, 0.3) is 0 Å². The van der Waals surface area contributed by atoms with E-state index in [1.54, 1.807) is 6.92 Å².